The first-order valence-corrected chi connectivity index (χ1v) is 5.68. The maximum absolute atomic E-state index is 13.2. The minimum absolute atomic E-state index is 0.145. The molecule has 16 heavy (non-hydrogen) atoms. The third kappa shape index (κ3) is 3.17. The summed E-state index contributed by atoms with van der Waals surface area (Å²) < 4.78 is 13.2. The first-order chi connectivity index (χ1) is 7.58. The lowest BCUT2D eigenvalue weighted by molar-refractivity contribution is 0.575. The Bertz CT molecular complexity index is 371. The molecule has 1 nitrogen and oxygen atoms in total. The molecule has 1 rings (SSSR count). The van der Waals surface area contributed by atoms with Gasteiger partial charge in [0.25, 0.3) is 0 Å². The molecule has 0 saturated heterocycles. The van der Waals surface area contributed by atoms with Gasteiger partial charge in [-0.05, 0) is 44.0 Å². The Kier molecular flexibility index (Phi) is 4.69. The average Bonchev–Trinajstić information content (AvgIpc) is 2.29. The van der Waals surface area contributed by atoms with Crippen LogP contribution < -0.4 is 5.32 Å². The van der Waals surface area contributed by atoms with Crippen LogP contribution in [-0.4, -0.2) is 7.05 Å². The van der Waals surface area contributed by atoms with Gasteiger partial charge >= 0.3 is 0 Å². The number of benzene rings is 1. The van der Waals surface area contributed by atoms with Crippen molar-refractivity contribution in [3.63, 3.8) is 0 Å². The molecule has 0 saturated carbocycles. The van der Waals surface area contributed by atoms with Crippen molar-refractivity contribution in [1.82, 2.24) is 5.32 Å². The molecular formula is C14H20FN. The molecule has 0 aliphatic heterocycles. The molecule has 88 valence electrons. The Morgan fingerprint density at radius 3 is 2.69 bits per heavy atom. The molecule has 0 aliphatic rings. The van der Waals surface area contributed by atoms with Crippen LogP contribution in [0.5, 0.6) is 0 Å². The van der Waals surface area contributed by atoms with Gasteiger partial charge in [0.05, 0.1) is 0 Å². The summed E-state index contributed by atoms with van der Waals surface area (Å²) in [7, 11) is 1.92. The van der Waals surface area contributed by atoms with Crippen LogP contribution in [0.1, 0.15) is 36.9 Å². The highest BCUT2D eigenvalue weighted by Gasteiger charge is 2.11. The van der Waals surface area contributed by atoms with Crippen molar-refractivity contribution in [1.29, 1.82) is 0 Å². The van der Waals surface area contributed by atoms with E-state index in [1.54, 1.807) is 6.92 Å². The van der Waals surface area contributed by atoms with Gasteiger partial charge in [0.1, 0.15) is 5.82 Å². The van der Waals surface area contributed by atoms with Crippen LogP contribution in [-0.2, 0) is 0 Å². The van der Waals surface area contributed by atoms with Crippen LogP contribution in [0.25, 0.3) is 0 Å². The topological polar surface area (TPSA) is 12.0 Å². The van der Waals surface area contributed by atoms with Crippen molar-refractivity contribution in [3.05, 3.63) is 47.3 Å². The van der Waals surface area contributed by atoms with E-state index in [0.717, 1.165) is 18.4 Å². The quantitative estimate of drug-likeness (QED) is 0.747. The summed E-state index contributed by atoms with van der Waals surface area (Å²) in [6, 6.07) is 5.50. The van der Waals surface area contributed by atoms with E-state index >= 15 is 0 Å². The lowest BCUT2D eigenvalue weighted by atomic mass is 9.97. The summed E-state index contributed by atoms with van der Waals surface area (Å²) in [4.78, 5) is 0. The Morgan fingerprint density at radius 1 is 1.50 bits per heavy atom. The number of hydrogen-bond acceptors (Lipinski definition) is 1. The molecule has 0 spiro atoms. The summed E-state index contributed by atoms with van der Waals surface area (Å²) in [5.74, 6) is -0.145. The normalized spacial score (nSPS) is 12.5. The van der Waals surface area contributed by atoms with Crippen LogP contribution in [0.3, 0.4) is 0 Å². The van der Waals surface area contributed by atoms with Crippen molar-refractivity contribution in [2.24, 2.45) is 0 Å². The van der Waals surface area contributed by atoms with Crippen LogP contribution in [0.2, 0.25) is 0 Å². The predicted octanol–water partition coefficient (Wildman–Crippen LogP) is 3.75. The van der Waals surface area contributed by atoms with Crippen molar-refractivity contribution < 1.29 is 4.39 Å². The van der Waals surface area contributed by atoms with E-state index in [9.17, 15) is 4.39 Å². The highest BCUT2D eigenvalue weighted by Crippen LogP contribution is 2.23. The molecule has 2 heteroatoms. The molecule has 0 heterocycles. The number of halogens is 1. The second-order valence-corrected chi connectivity index (χ2v) is 4.16. The fourth-order valence-corrected chi connectivity index (χ4v) is 1.70. The van der Waals surface area contributed by atoms with Gasteiger partial charge in [0.15, 0.2) is 0 Å². The SMILES string of the molecule is C=C(CC)CC(NC)c1ccc(F)c(C)c1. The average molecular weight is 221 g/mol. The summed E-state index contributed by atoms with van der Waals surface area (Å²) in [5.41, 5.74) is 3.03. The summed E-state index contributed by atoms with van der Waals surface area (Å²) in [6.07, 6.45) is 1.89. The number of aryl methyl sites for hydroxylation is 1. The Hall–Kier alpha value is -1.15. The summed E-state index contributed by atoms with van der Waals surface area (Å²) >= 11 is 0. The maximum atomic E-state index is 13.2. The molecule has 1 unspecified atom stereocenters. The minimum atomic E-state index is -0.145. The molecule has 0 aliphatic carbocycles. The molecule has 0 aromatic heterocycles. The van der Waals surface area contributed by atoms with E-state index in [2.05, 4.69) is 18.8 Å². The zero-order valence-corrected chi connectivity index (χ0v) is 10.3. The monoisotopic (exact) mass is 221 g/mol. The fourth-order valence-electron chi connectivity index (χ4n) is 1.70. The van der Waals surface area contributed by atoms with Gasteiger partial charge in [-0.2, -0.15) is 0 Å². The third-order valence-corrected chi connectivity index (χ3v) is 2.93. The van der Waals surface area contributed by atoms with Crippen LogP contribution in [0, 0.1) is 12.7 Å². The van der Waals surface area contributed by atoms with Crippen LogP contribution in [0.4, 0.5) is 4.39 Å². The molecule has 0 amide bonds. The van der Waals surface area contributed by atoms with Gasteiger partial charge in [-0.1, -0.05) is 31.2 Å². The lowest BCUT2D eigenvalue weighted by Crippen LogP contribution is -2.17. The van der Waals surface area contributed by atoms with E-state index in [4.69, 9.17) is 0 Å². The number of hydrogen-bond donors (Lipinski definition) is 1. The molecule has 1 aromatic rings. The van der Waals surface area contributed by atoms with Crippen molar-refractivity contribution in [2.45, 2.75) is 32.7 Å². The standard InChI is InChI=1S/C14H20FN/c1-5-10(2)8-14(16-4)12-6-7-13(15)11(3)9-12/h6-7,9,14,16H,2,5,8H2,1,3-4H3. The van der Waals surface area contributed by atoms with Crippen molar-refractivity contribution in [3.8, 4) is 0 Å². The Labute approximate surface area is 97.4 Å². The third-order valence-electron chi connectivity index (χ3n) is 2.93. The molecule has 1 atom stereocenters. The van der Waals surface area contributed by atoms with Crippen molar-refractivity contribution >= 4 is 0 Å². The Morgan fingerprint density at radius 2 is 2.19 bits per heavy atom. The van der Waals surface area contributed by atoms with Gasteiger partial charge in [-0.3, -0.25) is 0 Å². The van der Waals surface area contributed by atoms with Gasteiger partial charge in [-0.15, -0.1) is 0 Å². The van der Waals surface area contributed by atoms with Gasteiger partial charge in [0, 0.05) is 6.04 Å². The van der Waals surface area contributed by atoms with E-state index < -0.39 is 0 Å². The smallest absolute Gasteiger partial charge is 0.126 e. The highest BCUT2D eigenvalue weighted by molar-refractivity contribution is 5.27. The molecular weight excluding hydrogens is 201 g/mol. The second kappa shape index (κ2) is 5.80. The summed E-state index contributed by atoms with van der Waals surface area (Å²) in [5, 5.41) is 3.25. The molecule has 1 aromatic carbocycles. The zero-order valence-electron chi connectivity index (χ0n) is 10.3. The predicted molar refractivity (Wildman–Crippen MR) is 67.0 cm³/mol. The van der Waals surface area contributed by atoms with E-state index in [1.165, 1.54) is 11.6 Å². The van der Waals surface area contributed by atoms with E-state index in [0.29, 0.717) is 5.56 Å². The molecule has 0 bridgehead atoms. The molecule has 0 fully saturated rings. The van der Waals surface area contributed by atoms with E-state index in [-0.39, 0.29) is 11.9 Å². The minimum Gasteiger partial charge on any atom is -0.313 e. The molecule has 0 radical (unpaired) electrons. The Balaban J connectivity index is 2.86. The largest absolute Gasteiger partial charge is 0.313 e. The highest BCUT2D eigenvalue weighted by atomic mass is 19.1. The van der Waals surface area contributed by atoms with Crippen LogP contribution >= 0.6 is 0 Å². The van der Waals surface area contributed by atoms with Crippen molar-refractivity contribution in [2.75, 3.05) is 7.05 Å². The van der Waals surface area contributed by atoms with Gasteiger partial charge in [-0.25, -0.2) is 4.39 Å². The van der Waals surface area contributed by atoms with Crippen LogP contribution in [0.15, 0.2) is 30.4 Å². The molecule has 1 N–H and O–H groups in total. The van der Waals surface area contributed by atoms with E-state index in [1.807, 2.05) is 19.2 Å². The summed E-state index contributed by atoms with van der Waals surface area (Å²) in [6.45, 7) is 7.91. The van der Waals surface area contributed by atoms with Gasteiger partial charge < -0.3 is 5.32 Å². The zero-order chi connectivity index (χ0) is 12.1. The first kappa shape index (κ1) is 12.9. The maximum Gasteiger partial charge on any atom is 0.126 e. The number of rotatable bonds is 5. The first-order valence-electron chi connectivity index (χ1n) is 5.68. The fraction of sp³-hybridized carbons (Fsp3) is 0.429. The van der Waals surface area contributed by atoms with Gasteiger partial charge in [0.2, 0.25) is 0 Å². The second-order valence-electron chi connectivity index (χ2n) is 4.16. The lowest BCUT2D eigenvalue weighted by Gasteiger charge is -2.18. The number of nitrogens with one attached hydrogen (secondary N) is 1.